The van der Waals surface area contributed by atoms with E-state index in [0.717, 1.165) is 11.9 Å². The lowest BCUT2D eigenvalue weighted by atomic mass is 9.82. The van der Waals surface area contributed by atoms with Crippen molar-refractivity contribution in [3.05, 3.63) is 98.5 Å². The van der Waals surface area contributed by atoms with Gasteiger partial charge in [-0.25, -0.2) is 4.31 Å². The van der Waals surface area contributed by atoms with E-state index in [1.54, 1.807) is 73.7 Å². The molecule has 0 saturated heterocycles. The molecule has 3 aromatic rings. The number of ether oxygens (including phenoxy) is 1. The van der Waals surface area contributed by atoms with Gasteiger partial charge in [0.05, 0.1) is 30.0 Å². The molecule has 0 radical (unpaired) electrons. The number of benzene rings is 3. The second-order valence-electron chi connectivity index (χ2n) is 8.58. The van der Waals surface area contributed by atoms with Crippen molar-refractivity contribution in [2.45, 2.75) is 11.8 Å². The van der Waals surface area contributed by atoms with Crippen LogP contribution in [0.1, 0.15) is 12.5 Å². The Hall–Kier alpha value is -3.60. The number of hydrogen-bond donors (Lipinski definition) is 0. The minimum absolute atomic E-state index is 0.0913. The summed E-state index contributed by atoms with van der Waals surface area (Å²) in [5.74, 6) is -0.909. The van der Waals surface area contributed by atoms with Crippen LogP contribution in [0, 0.1) is 15.5 Å². The van der Waals surface area contributed by atoms with Crippen molar-refractivity contribution in [3.63, 3.8) is 0 Å². The normalized spacial score (nSPS) is 16.6. The highest BCUT2D eigenvalue weighted by atomic mass is 35.5. The molecule has 0 N–H and O–H groups in total. The number of anilines is 1. The molecular weight excluding hydrogens is 551 g/mol. The van der Waals surface area contributed by atoms with Crippen LogP contribution in [0.4, 0.5) is 11.4 Å². The zero-order valence-corrected chi connectivity index (χ0v) is 22.7. The summed E-state index contributed by atoms with van der Waals surface area (Å²) in [6.45, 7) is 1.59. The first-order valence-corrected chi connectivity index (χ1v) is 12.8. The predicted octanol–water partition coefficient (Wildman–Crippen LogP) is 5.84. The van der Waals surface area contributed by atoms with Crippen molar-refractivity contribution in [3.8, 4) is 0 Å². The molecule has 1 aliphatic rings. The molecule has 38 heavy (non-hydrogen) atoms. The highest BCUT2D eigenvalue weighted by Gasteiger charge is 2.47. The molecule has 1 aliphatic heterocycles. The Morgan fingerprint density at radius 3 is 2.29 bits per heavy atom. The van der Waals surface area contributed by atoms with Crippen LogP contribution < -0.4 is 4.31 Å². The predicted molar refractivity (Wildman–Crippen MR) is 148 cm³/mol. The first-order chi connectivity index (χ1) is 18.1. The van der Waals surface area contributed by atoms with Crippen LogP contribution in [-0.2, 0) is 14.3 Å². The third-order valence-corrected chi connectivity index (χ3v) is 7.52. The molecule has 0 aliphatic carbocycles. The number of methoxy groups -OCH3 is 1. The Kier molecular flexibility index (Phi) is 8.25. The number of nitrogens with zero attached hydrogens (tertiary/aromatic N) is 4. The molecule has 4 rings (SSSR count). The zero-order valence-electron chi connectivity index (χ0n) is 20.3. The van der Waals surface area contributed by atoms with E-state index in [9.17, 15) is 19.7 Å². The van der Waals surface area contributed by atoms with E-state index in [1.807, 2.05) is 0 Å². The molecule has 0 spiro atoms. The summed E-state index contributed by atoms with van der Waals surface area (Å²) in [5, 5.41) is 18.7. The minimum Gasteiger partial charge on any atom is -0.468 e. The van der Waals surface area contributed by atoms with Gasteiger partial charge in [0.25, 0.3) is 11.6 Å². The molecule has 0 bridgehead atoms. The Bertz CT molecular complexity index is 1400. The largest absolute Gasteiger partial charge is 0.468 e. The van der Waals surface area contributed by atoms with Gasteiger partial charge in [0.2, 0.25) is 0 Å². The maximum atomic E-state index is 13.7. The second kappa shape index (κ2) is 11.4. The van der Waals surface area contributed by atoms with E-state index >= 15 is 0 Å². The molecule has 12 heteroatoms. The number of hydrazone groups is 1. The van der Waals surface area contributed by atoms with Gasteiger partial charge in [-0.3, -0.25) is 24.7 Å². The number of para-hydroxylation sites is 1. The number of carbonyl (C=O) groups excluding carboxylic acids is 2. The Morgan fingerprint density at radius 2 is 1.68 bits per heavy atom. The van der Waals surface area contributed by atoms with E-state index < -0.39 is 22.2 Å². The van der Waals surface area contributed by atoms with Gasteiger partial charge in [0.15, 0.2) is 0 Å². The van der Waals surface area contributed by atoms with Gasteiger partial charge in [-0.05, 0) is 55.0 Å². The fraction of sp³-hybridized carbons (Fsp3) is 0.192. The number of esters is 1. The van der Waals surface area contributed by atoms with Gasteiger partial charge >= 0.3 is 5.97 Å². The maximum absolute atomic E-state index is 13.7. The molecule has 0 saturated carbocycles. The van der Waals surface area contributed by atoms with Crippen molar-refractivity contribution < 1.29 is 19.2 Å². The van der Waals surface area contributed by atoms with Crippen molar-refractivity contribution in [1.29, 1.82) is 0 Å². The number of nitro benzene ring substituents is 1. The van der Waals surface area contributed by atoms with Gasteiger partial charge in [-0.2, -0.15) is 5.10 Å². The first-order valence-electron chi connectivity index (χ1n) is 11.3. The van der Waals surface area contributed by atoms with Crippen LogP contribution in [0.5, 0.6) is 0 Å². The number of amides is 1. The standard InChI is InChI=1S/C26H22Cl2N4O5S/c1-26(25(34)37-2)16-30(29-24(26)17-7-9-18(27)10-8-17)15-23(33)31(20-13-11-19(28)12-14-20)38-22-6-4-3-5-21(22)32(35)36/h3-14H,15-16H2,1-2H3. The quantitative estimate of drug-likeness (QED) is 0.144. The van der Waals surface area contributed by atoms with Crippen LogP contribution in [0.3, 0.4) is 0 Å². The van der Waals surface area contributed by atoms with Crippen molar-refractivity contribution in [2.75, 3.05) is 24.5 Å². The summed E-state index contributed by atoms with van der Waals surface area (Å²) in [5.41, 5.74) is 0.310. The maximum Gasteiger partial charge on any atom is 0.319 e. The number of carbonyl (C=O) groups is 2. The van der Waals surface area contributed by atoms with E-state index in [1.165, 1.54) is 22.5 Å². The lowest BCUT2D eigenvalue weighted by Gasteiger charge is -2.26. The van der Waals surface area contributed by atoms with Crippen molar-refractivity contribution in [1.82, 2.24) is 5.01 Å². The second-order valence-corrected chi connectivity index (χ2v) is 10.4. The molecule has 1 unspecified atom stereocenters. The van der Waals surface area contributed by atoms with E-state index in [0.29, 0.717) is 27.0 Å². The molecule has 1 atom stereocenters. The summed E-state index contributed by atoms with van der Waals surface area (Å²) in [6, 6.07) is 19.6. The molecule has 0 aromatic heterocycles. The Labute approximate surface area is 233 Å². The van der Waals surface area contributed by atoms with Crippen LogP contribution in [0.2, 0.25) is 10.0 Å². The summed E-state index contributed by atoms with van der Waals surface area (Å²) in [6.07, 6.45) is 0. The highest BCUT2D eigenvalue weighted by Crippen LogP contribution is 2.37. The van der Waals surface area contributed by atoms with E-state index in [4.69, 9.17) is 27.9 Å². The molecule has 196 valence electrons. The summed E-state index contributed by atoms with van der Waals surface area (Å²) in [7, 11) is 1.30. The smallest absolute Gasteiger partial charge is 0.319 e. The fourth-order valence-corrected chi connectivity index (χ4v) is 5.23. The lowest BCUT2D eigenvalue weighted by molar-refractivity contribution is -0.387. The monoisotopic (exact) mass is 572 g/mol. The minimum atomic E-state index is -1.14. The van der Waals surface area contributed by atoms with Crippen LogP contribution in [0.25, 0.3) is 0 Å². The van der Waals surface area contributed by atoms with Crippen molar-refractivity contribution in [2.24, 2.45) is 10.5 Å². The fourth-order valence-electron chi connectivity index (χ4n) is 4.02. The number of rotatable bonds is 8. The zero-order chi connectivity index (χ0) is 27.4. The van der Waals surface area contributed by atoms with Crippen LogP contribution in [-0.4, -0.2) is 47.7 Å². The molecular formula is C26H22Cl2N4O5S. The van der Waals surface area contributed by atoms with Crippen LogP contribution in [0.15, 0.2) is 82.8 Å². The van der Waals surface area contributed by atoms with E-state index in [-0.39, 0.29) is 23.7 Å². The average Bonchev–Trinajstić information content (AvgIpc) is 3.24. The first kappa shape index (κ1) is 27.4. The van der Waals surface area contributed by atoms with Crippen LogP contribution >= 0.6 is 35.1 Å². The average molecular weight is 573 g/mol. The molecule has 3 aromatic carbocycles. The Balaban J connectivity index is 1.67. The van der Waals surface area contributed by atoms with Crippen molar-refractivity contribution >= 4 is 64.1 Å². The van der Waals surface area contributed by atoms with Gasteiger partial charge in [-0.1, -0.05) is 47.5 Å². The summed E-state index contributed by atoms with van der Waals surface area (Å²) in [4.78, 5) is 37.8. The lowest BCUT2D eigenvalue weighted by Crippen LogP contribution is -2.42. The van der Waals surface area contributed by atoms with E-state index in [2.05, 4.69) is 5.10 Å². The topological polar surface area (TPSA) is 105 Å². The van der Waals surface area contributed by atoms with Gasteiger partial charge in [-0.15, -0.1) is 0 Å². The number of nitro groups is 1. The summed E-state index contributed by atoms with van der Waals surface area (Å²) >= 11 is 13.0. The SMILES string of the molecule is COC(=O)C1(C)CN(CC(=O)N(Sc2ccccc2[N+](=O)[O-])c2ccc(Cl)cc2)N=C1c1ccc(Cl)cc1. The summed E-state index contributed by atoms with van der Waals surface area (Å²) < 4.78 is 6.41. The molecule has 1 heterocycles. The Morgan fingerprint density at radius 1 is 1.08 bits per heavy atom. The third kappa shape index (κ3) is 5.77. The highest BCUT2D eigenvalue weighted by molar-refractivity contribution is 8.01. The molecule has 1 amide bonds. The van der Waals surface area contributed by atoms with Gasteiger partial charge in [0.1, 0.15) is 16.9 Å². The van der Waals surface area contributed by atoms with Gasteiger partial charge < -0.3 is 4.74 Å². The number of hydrogen-bond acceptors (Lipinski definition) is 8. The third-order valence-electron chi connectivity index (χ3n) is 5.87. The van der Waals surface area contributed by atoms with Gasteiger partial charge in [0, 0.05) is 28.1 Å². The molecule has 0 fully saturated rings. The number of halogens is 2. The molecule has 9 nitrogen and oxygen atoms in total.